The second-order valence-electron chi connectivity index (χ2n) is 21.8. The summed E-state index contributed by atoms with van der Waals surface area (Å²) < 4.78 is 35.5. The Balaban J connectivity index is 0.000000191. The number of fused-ring (bicyclic) bond motifs is 4. The van der Waals surface area contributed by atoms with Crippen LogP contribution in [0.4, 0.5) is 19.0 Å². The molecule has 2 saturated heterocycles. The Labute approximate surface area is 535 Å². The van der Waals surface area contributed by atoms with Crippen molar-refractivity contribution in [3.63, 3.8) is 0 Å². The van der Waals surface area contributed by atoms with Gasteiger partial charge in [-0.15, -0.1) is 0 Å². The molecule has 3 N–H and O–H groups in total. The van der Waals surface area contributed by atoms with Gasteiger partial charge in [0.25, 0.3) is 0 Å². The predicted octanol–water partition coefficient (Wildman–Crippen LogP) is 9.22. The van der Waals surface area contributed by atoms with E-state index in [2.05, 4.69) is 119 Å². The molecule has 6 aromatic heterocycles. The van der Waals surface area contributed by atoms with Crippen molar-refractivity contribution in [2.45, 2.75) is 117 Å². The molecule has 88 heavy (non-hydrogen) atoms. The molecule has 4 fully saturated rings. The number of alkyl halides is 3. The zero-order valence-electron chi connectivity index (χ0n) is 48.0. The van der Waals surface area contributed by atoms with Crippen molar-refractivity contribution in [1.29, 1.82) is 0 Å². The van der Waals surface area contributed by atoms with Gasteiger partial charge in [-0.05, 0) is 142 Å². The van der Waals surface area contributed by atoms with Crippen molar-refractivity contribution in [3.8, 4) is 22.3 Å². The van der Waals surface area contributed by atoms with Crippen molar-refractivity contribution in [1.82, 2.24) is 59.7 Å². The first kappa shape index (κ1) is 67.9. The fourth-order valence-electron chi connectivity index (χ4n) is 10.7. The topological polar surface area (TPSA) is 280 Å². The lowest BCUT2D eigenvalue weighted by molar-refractivity contribution is -0.156. The average Bonchev–Trinajstić information content (AvgIpc) is 1.66. The van der Waals surface area contributed by atoms with E-state index in [1.165, 1.54) is 25.0 Å². The summed E-state index contributed by atoms with van der Waals surface area (Å²) in [6, 6.07) is 22.0. The maximum atomic E-state index is 13.7. The van der Waals surface area contributed by atoms with Gasteiger partial charge in [-0.3, -0.25) is 42.9 Å². The van der Waals surface area contributed by atoms with Crippen LogP contribution in [0.5, 0.6) is 0 Å². The second-order valence-corrected chi connectivity index (χ2v) is 23.5. The van der Waals surface area contributed by atoms with E-state index in [9.17, 15) is 41.9 Å². The van der Waals surface area contributed by atoms with Crippen molar-refractivity contribution in [2.75, 3.05) is 5.32 Å². The van der Waals surface area contributed by atoms with E-state index in [1.807, 2.05) is 55.5 Å². The van der Waals surface area contributed by atoms with Crippen LogP contribution in [-0.2, 0) is 65.9 Å². The molecule has 0 bridgehead atoms. The lowest BCUT2D eigenvalue weighted by atomic mass is 9.97. The molecule has 2 amide bonds. The first-order valence-electron chi connectivity index (χ1n) is 26.9. The number of likely N-dealkylation sites (tertiary alicyclic amines) is 1. The SMILES string of the molecule is CC(=O)c1nn(CC(=O)N2[C@H](C(=O)Nc3cccc(Br)n3)C[C@@]3(C)C[C@@H]23)c2ccc(-c3cnc(C)nc3)cc12.CC(=O)c1nn(CC(=O)O)c2ccc(-c3cnc(C)nc3)cc12.C[C@@]12C[C@@H](C(=O)Cc3cccc(Br)n3)N[C@@H]1C2.O=CC(F)(F)F.S.S=S. The Hall–Kier alpha value is -7.57. The molecule has 0 radical (unpaired) electrons. The summed E-state index contributed by atoms with van der Waals surface area (Å²) >= 11 is 14.0. The van der Waals surface area contributed by atoms with Gasteiger partial charge < -0.3 is 20.6 Å². The normalized spacial score (nSPS) is 19.9. The molecule has 21 nitrogen and oxygen atoms in total. The second kappa shape index (κ2) is 28.3. The van der Waals surface area contributed by atoms with E-state index in [1.54, 1.807) is 65.6 Å². The number of carboxylic acid groups (broad SMARTS) is 1. The molecule has 2 saturated carbocycles. The van der Waals surface area contributed by atoms with Crippen molar-refractivity contribution < 1.29 is 51.8 Å². The number of halogens is 5. The number of hydrogen-bond donors (Lipinski definition) is 3. The summed E-state index contributed by atoms with van der Waals surface area (Å²) in [6.45, 7) is 10.5. The Morgan fingerprint density at radius 2 is 1.22 bits per heavy atom. The molecule has 12 rings (SSSR count). The number of aldehydes is 1. The van der Waals surface area contributed by atoms with Gasteiger partial charge >= 0.3 is 12.1 Å². The number of piperidine rings is 2. The number of nitrogens with one attached hydrogen (secondary N) is 2. The molecule has 6 atom stereocenters. The number of aryl methyl sites for hydroxylation is 2. The smallest absolute Gasteiger partial charge is 0.446 e. The fourth-order valence-corrected chi connectivity index (χ4v) is 11.4. The first-order chi connectivity index (χ1) is 41.2. The minimum absolute atomic E-state index is 0. The number of carboxylic acids is 1. The van der Waals surface area contributed by atoms with E-state index in [-0.39, 0.29) is 78.9 Å². The van der Waals surface area contributed by atoms with Gasteiger partial charge in [0.2, 0.25) is 18.1 Å². The van der Waals surface area contributed by atoms with Crippen LogP contribution in [0.3, 0.4) is 0 Å². The largest absolute Gasteiger partial charge is 0.480 e. The molecule has 8 aromatic rings. The lowest BCUT2D eigenvalue weighted by Crippen LogP contribution is -2.46. The molecule has 8 heterocycles. The average molecular weight is 1390 g/mol. The number of Topliss-reactive ketones (excluding diaryl/α,β-unsaturated/α-hetero) is 3. The highest BCUT2D eigenvalue weighted by Gasteiger charge is 2.64. The Morgan fingerprint density at radius 1 is 0.716 bits per heavy atom. The van der Waals surface area contributed by atoms with Crippen LogP contribution in [0.25, 0.3) is 44.1 Å². The monoisotopic (exact) mass is 1390 g/mol. The minimum atomic E-state index is -4.64. The number of anilines is 1. The molecule has 29 heteroatoms. The maximum Gasteiger partial charge on any atom is 0.446 e. The quantitative estimate of drug-likeness (QED) is 0.0551. The third-order valence-electron chi connectivity index (χ3n) is 15.2. The van der Waals surface area contributed by atoms with Crippen molar-refractivity contribution in [2.24, 2.45) is 10.8 Å². The van der Waals surface area contributed by atoms with Gasteiger partial charge in [0, 0.05) is 101 Å². The van der Waals surface area contributed by atoms with Gasteiger partial charge in [0.1, 0.15) is 57.2 Å². The van der Waals surface area contributed by atoms with Crippen LogP contribution in [0, 0.1) is 24.7 Å². The van der Waals surface area contributed by atoms with E-state index >= 15 is 0 Å². The van der Waals surface area contributed by atoms with Crippen molar-refractivity contribution in [3.05, 3.63) is 136 Å². The number of aliphatic carboxylic acids is 1. The summed E-state index contributed by atoms with van der Waals surface area (Å²) in [6.07, 6.45) is 5.28. The number of aromatic nitrogens is 10. The highest BCUT2D eigenvalue weighted by Crippen LogP contribution is 2.59. The molecule has 2 aliphatic heterocycles. The Morgan fingerprint density at radius 3 is 1.67 bits per heavy atom. The number of pyridine rings is 2. The number of ketones is 3. The number of amides is 2. The molecule has 460 valence electrons. The van der Waals surface area contributed by atoms with E-state index in [0.717, 1.165) is 45.4 Å². The number of rotatable bonds is 13. The number of benzene rings is 2. The summed E-state index contributed by atoms with van der Waals surface area (Å²) in [5.41, 5.74) is 6.31. The van der Waals surface area contributed by atoms with Crippen LogP contribution in [0.1, 0.15) is 91.7 Å². The maximum absolute atomic E-state index is 13.7. The fraction of sp³-hybridized carbons (Fsp3) is 0.339. The lowest BCUT2D eigenvalue weighted by Gasteiger charge is -2.26. The third kappa shape index (κ3) is 16.4. The number of nitrogens with zero attached hydrogens (tertiary/aromatic N) is 11. The summed E-state index contributed by atoms with van der Waals surface area (Å²) in [7, 11) is 0. The zero-order valence-corrected chi connectivity index (χ0v) is 53.8. The third-order valence-corrected chi connectivity index (χ3v) is 16.1. The molecular weight excluding hydrogens is 1330 g/mol. The number of carbonyl (C=O) groups excluding carboxylic acids is 6. The predicted molar refractivity (Wildman–Crippen MR) is 337 cm³/mol. The highest BCUT2D eigenvalue weighted by atomic mass is 79.9. The van der Waals surface area contributed by atoms with Crippen LogP contribution in [0.15, 0.2) is 107 Å². The summed E-state index contributed by atoms with van der Waals surface area (Å²) in [5.74, 6) is 0.143. The van der Waals surface area contributed by atoms with Crippen molar-refractivity contribution >= 4 is 137 Å². The number of hydrogen-bond acceptors (Lipinski definition) is 18. The van der Waals surface area contributed by atoms with Gasteiger partial charge in [-0.1, -0.05) is 38.1 Å². The molecule has 0 unspecified atom stereocenters. The van der Waals surface area contributed by atoms with Gasteiger partial charge in [0.05, 0.1) is 23.5 Å². The van der Waals surface area contributed by atoms with E-state index in [0.29, 0.717) is 73.9 Å². The van der Waals surface area contributed by atoms with Crippen LogP contribution in [0.2, 0.25) is 0 Å². The molecule has 0 spiro atoms. The minimum Gasteiger partial charge on any atom is -0.480 e. The molecular formula is C59H58Br2F3N13O8S3. The first-order valence-corrected chi connectivity index (χ1v) is 29.8. The standard InChI is InChI=1S/C28H26BrN7O3.C16H14N4O3.C13H15BrN2O.C2HF3O.S2.H2S/c1-15(37)26-19-9-17(18-12-30-16(2)31-13-18)7-8-20(19)35(34-26)14-25(38)36-21(10-28(3)11-22(28)36)27(39)33-24-6-4-5-23(29)32-24;1-9(21)16-13-5-11(12-6-17-10(2)18-7-12)3-4-14(13)20(19-16)8-15(22)23;1-13-6-9(16-11(13)7-13)10(17)5-8-3-2-4-12(14)15-8;3-2(4,5)1-6;1-2;/h4-9,12-13,21-22H,10-11,14H2,1-3H3,(H,32,33,39);3-7H,8H2,1-2H3,(H,22,23);2-4,9,11,16H,5-7H2,1H3;1H;;1H2/t21-,22+,28-;;9-,11+,13-;;;/m0.0.../s1. The van der Waals surface area contributed by atoms with Gasteiger partial charge in [0.15, 0.2) is 17.3 Å². The van der Waals surface area contributed by atoms with E-state index < -0.39 is 24.5 Å². The Bertz CT molecular complexity index is 3970. The van der Waals surface area contributed by atoms with Gasteiger partial charge in [-0.2, -0.15) is 36.9 Å². The molecule has 2 aliphatic carbocycles. The summed E-state index contributed by atoms with van der Waals surface area (Å²) in [5, 5.41) is 25.2. The van der Waals surface area contributed by atoms with Gasteiger partial charge in [-0.25, -0.2) is 29.9 Å². The highest BCUT2D eigenvalue weighted by molar-refractivity contribution is 9.10. The van der Waals surface area contributed by atoms with E-state index in [4.69, 9.17) is 9.90 Å². The van der Waals surface area contributed by atoms with Crippen LogP contribution >= 0.6 is 45.4 Å². The molecule has 2 aromatic carbocycles. The van der Waals surface area contributed by atoms with Crippen LogP contribution < -0.4 is 10.6 Å². The zero-order chi connectivity index (χ0) is 63.3. The summed E-state index contributed by atoms with van der Waals surface area (Å²) in [4.78, 5) is 110. The van der Waals surface area contributed by atoms with Crippen LogP contribution in [-0.4, -0.2) is 131 Å². The number of carbonyl (C=O) groups is 7. The Kier molecular flexibility index (Phi) is 21.8. The molecule has 4 aliphatic rings.